The average molecular weight is 304 g/mol. The lowest BCUT2D eigenvalue weighted by molar-refractivity contribution is -0.141. The lowest BCUT2D eigenvalue weighted by Crippen LogP contribution is -2.21. The number of halogens is 3. The van der Waals surface area contributed by atoms with Gasteiger partial charge in [-0.3, -0.25) is 0 Å². The highest BCUT2D eigenvalue weighted by Gasteiger charge is 2.42. The van der Waals surface area contributed by atoms with E-state index in [4.69, 9.17) is 5.11 Å². The average Bonchev–Trinajstić information content (AvgIpc) is 3.16. The Morgan fingerprint density at radius 3 is 2.48 bits per heavy atom. The van der Waals surface area contributed by atoms with Gasteiger partial charge in [0, 0.05) is 33.3 Å². The van der Waals surface area contributed by atoms with Crippen LogP contribution in [0.3, 0.4) is 0 Å². The van der Waals surface area contributed by atoms with Gasteiger partial charge < -0.3 is 15.3 Å². The normalized spacial score (nSPS) is 16.7. The summed E-state index contributed by atoms with van der Waals surface area (Å²) in [6, 6.07) is 0.922. The van der Waals surface area contributed by atoms with Crippen molar-refractivity contribution >= 4 is 11.8 Å². The summed E-state index contributed by atoms with van der Waals surface area (Å²) >= 11 is 0. The first-order valence-electron chi connectivity index (χ1n) is 6.74. The van der Waals surface area contributed by atoms with Gasteiger partial charge >= 0.3 is 6.18 Å². The zero-order chi connectivity index (χ0) is 15.7. The van der Waals surface area contributed by atoms with Crippen LogP contribution in [0.15, 0.2) is 6.07 Å². The molecule has 0 unspecified atom stereocenters. The van der Waals surface area contributed by atoms with Gasteiger partial charge in [0.15, 0.2) is 5.69 Å². The summed E-state index contributed by atoms with van der Waals surface area (Å²) < 4.78 is 38.5. The second-order valence-electron chi connectivity index (χ2n) is 5.65. The third-order valence-corrected chi connectivity index (χ3v) is 3.68. The van der Waals surface area contributed by atoms with E-state index in [9.17, 15) is 13.2 Å². The van der Waals surface area contributed by atoms with E-state index in [1.165, 1.54) is 4.90 Å². The van der Waals surface area contributed by atoms with Gasteiger partial charge in [0.2, 0.25) is 5.95 Å². The molecule has 8 heteroatoms. The number of aromatic nitrogens is 2. The van der Waals surface area contributed by atoms with Crippen LogP contribution in [0.5, 0.6) is 0 Å². The molecule has 0 spiro atoms. The molecule has 0 aliphatic heterocycles. The molecule has 2 rings (SSSR count). The molecular formula is C13H19F3N4O. The first-order chi connectivity index (χ1) is 9.76. The molecule has 1 aliphatic rings. The topological polar surface area (TPSA) is 61.3 Å². The van der Waals surface area contributed by atoms with Gasteiger partial charge in [0.05, 0.1) is 0 Å². The number of hydrogen-bond acceptors (Lipinski definition) is 5. The Bertz CT molecular complexity index is 501. The van der Waals surface area contributed by atoms with E-state index in [-0.39, 0.29) is 23.8 Å². The minimum atomic E-state index is -4.51. The van der Waals surface area contributed by atoms with Crippen LogP contribution >= 0.6 is 0 Å². The van der Waals surface area contributed by atoms with Gasteiger partial charge in [0.25, 0.3) is 0 Å². The van der Waals surface area contributed by atoms with Gasteiger partial charge in [0.1, 0.15) is 5.82 Å². The smallest absolute Gasteiger partial charge is 0.396 e. The molecule has 1 fully saturated rings. The van der Waals surface area contributed by atoms with Crippen LogP contribution in [0.2, 0.25) is 0 Å². The standard InChI is InChI=1S/C13H19F3N4O/c1-20(2)10-7-9(13(14,15)16)18-11(19-10)17-8-12(3-4-12)5-6-21/h7,21H,3-6,8H2,1-2H3,(H,17,18,19). The third kappa shape index (κ3) is 3.96. The number of aliphatic hydroxyl groups excluding tert-OH is 1. The molecule has 0 radical (unpaired) electrons. The maximum absolute atomic E-state index is 12.8. The molecule has 1 heterocycles. The second kappa shape index (κ2) is 5.67. The van der Waals surface area contributed by atoms with Crippen LogP contribution in [0.25, 0.3) is 0 Å². The highest BCUT2D eigenvalue weighted by molar-refractivity contribution is 5.44. The summed E-state index contributed by atoms with van der Waals surface area (Å²) in [5, 5.41) is 11.9. The van der Waals surface area contributed by atoms with Crippen molar-refractivity contribution in [1.82, 2.24) is 9.97 Å². The van der Waals surface area contributed by atoms with E-state index >= 15 is 0 Å². The van der Waals surface area contributed by atoms with Crippen LogP contribution in [-0.4, -0.2) is 42.3 Å². The first-order valence-corrected chi connectivity index (χ1v) is 6.74. The Kier molecular flexibility index (Phi) is 4.27. The molecule has 2 N–H and O–H groups in total. The maximum Gasteiger partial charge on any atom is 0.433 e. The van der Waals surface area contributed by atoms with E-state index in [0.29, 0.717) is 13.0 Å². The molecule has 1 aromatic rings. The molecule has 5 nitrogen and oxygen atoms in total. The van der Waals surface area contributed by atoms with Crippen LogP contribution in [0.1, 0.15) is 25.0 Å². The molecule has 0 bridgehead atoms. The van der Waals surface area contributed by atoms with E-state index < -0.39 is 11.9 Å². The number of nitrogens with one attached hydrogen (secondary N) is 1. The highest BCUT2D eigenvalue weighted by atomic mass is 19.4. The molecule has 1 saturated carbocycles. The predicted octanol–water partition coefficient (Wildman–Crippen LogP) is 2.14. The first kappa shape index (κ1) is 15.8. The molecule has 0 aromatic carbocycles. The van der Waals surface area contributed by atoms with Crippen LogP contribution in [0.4, 0.5) is 24.9 Å². The molecule has 1 aromatic heterocycles. The van der Waals surface area contributed by atoms with Gasteiger partial charge in [-0.05, 0) is 24.7 Å². The summed E-state index contributed by atoms with van der Waals surface area (Å²) in [6.07, 6.45) is -1.95. The fourth-order valence-electron chi connectivity index (χ4n) is 2.08. The summed E-state index contributed by atoms with van der Waals surface area (Å²) in [6.45, 7) is 0.551. The molecule has 0 amide bonds. The maximum atomic E-state index is 12.8. The Labute approximate surface area is 121 Å². The fraction of sp³-hybridized carbons (Fsp3) is 0.692. The van der Waals surface area contributed by atoms with Crippen molar-refractivity contribution in [2.24, 2.45) is 5.41 Å². The van der Waals surface area contributed by atoms with Crippen LogP contribution in [-0.2, 0) is 6.18 Å². The number of hydrogen-bond donors (Lipinski definition) is 2. The van der Waals surface area contributed by atoms with Gasteiger partial charge in [-0.2, -0.15) is 18.2 Å². The minimum Gasteiger partial charge on any atom is -0.396 e. The zero-order valence-corrected chi connectivity index (χ0v) is 12.0. The number of anilines is 2. The molecule has 1 aliphatic carbocycles. The van der Waals surface area contributed by atoms with E-state index in [2.05, 4.69) is 15.3 Å². The summed E-state index contributed by atoms with van der Waals surface area (Å²) in [5.74, 6) is 0.171. The van der Waals surface area contributed by atoms with Gasteiger partial charge in [-0.1, -0.05) is 0 Å². The Balaban J connectivity index is 2.16. The third-order valence-electron chi connectivity index (χ3n) is 3.68. The summed E-state index contributed by atoms with van der Waals surface area (Å²) in [4.78, 5) is 9.12. The monoisotopic (exact) mass is 304 g/mol. The lowest BCUT2D eigenvalue weighted by Gasteiger charge is -2.18. The molecule has 0 saturated heterocycles. The van der Waals surface area contributed by atoms with Crippen molar-refractivity contribution < 1.29 is 18.3 Å². The predicted molar refractivity (Wildman–Crippen MR) is 73.2 cm³/mol. The van der Waals surface area contributed by atoms with Crippen molar-refractivity contribution in [2.45, 2.75) is 25.4 Å². The Hall–Kier alpha value is -1.57. The molecular weight excluding hydrogens is 285 g/mol. The molecule has 21 heavy (non-hydrogen) atoms. The van der Waals surface area contributed by atoms with Crippen molar-refractivity contribution in [3.63, 3.8) is 0 Å². The van der Waals surface area contributed by atoms with E-state index in [0.717, 1.165) is 18.9 Å². The lowest BCUT2D eigenvalue weighted by atomic mass is 10.0. The molecule has 0 atom stereocenters. The van der Waals surface area contributed by atoms with Crippen molar-refractivity contribution in [2.75, 3.05) is 37.5 Å². The van der Waals surface area contributed by atoms with Crippen molar-refractivity contribution in [3.8, 4) is 0 Å². The van der Waals surface area contributed by atoms with E-state index in [1.54, 1.807) is 14.1 Å². The minimum absolute atomic E-state index is 0.0232. The fourth-order valence-corrected chi connectivity index (χ4v) is 2.08. The summed E-state index contributed by atoms with van der Waals surface area (Å²) in [7, 11) is 3.25. The van der Waals surface area contributed by atoms with Crippen LogP contribution in [0, 0.1) is 5.41 Å². The number of rotatable bonds is 6. The van der Waals surface area contributed by atoms with Crippen molar-refractivity contribution in [3.05, 3.63) is 11.8 Å². The second-order valence-corrected chi connectivity index (χ2v) is 5.65. The number of nitrogens with zero attached hydrogens (tertiary/aromatic N) is 3. The van der Waals surface area contributed by atoms with Gasteiger partial charge in [-0.25, -0.2) is 4.98 Å². The Morgan fingerprint density at radius 2 is 2.00 bits per heavy atom. The highest BCUT2D eigenvalue weighted by Crippen LogP contribution is 2.48. The quantitative estimate of drug-likeness (QED) is 0.843. The van der Waals surface area contributed by atoms with Crippen LogP contribution < -0.4 is 10.2 Å². The Morgan fingerprint density at radius 1 is 1.33 bits per heavy atom. The van der Waals surface area contributed by atoms with Gasteiger partial charge in [-0.15, -0.1) is 0 Å². The largest absolute Gasteiger partial charge is 0.433 e. The number of alkyl halides is 3. The molecule has 118 valence electrons. The SMILES string of the molecule is CN(C)c1cc(C(F)(F)F)nc(NCC2(CCO)CC2)n1. The summed E-state index contributed by atoms with van der Waals surface area (Å²) in [5.41, 5.74) is -0.985. The van der Waals surface area contributed by atoms with Crippen molar-refractivity contribution in [1.29, 1.82) is 0 Å². The van der Waals surface area contributed by atoms with E-state index in [1.807, 2.05) is 0 Å². The zero-order valence-electron chi connectivity index (χ0n) is 12.0. The number of aliphatic hydroxyl groups is 1.